The molecule has 2 amide bonds. The summed E-state index contributed by atoms with van der Waals surface area (Å²) in [6, 6.07) is 14.3. The third kappa shape index (κ3) is 5.11. The lowest BCUT2D eigenvalue weighted by Gasteiger charge is -2.40. The van der Waals surface area contributed by atoms with Crippen molar-refractivity contribution in [3.05, 3.63) is 82.9 Å². The van der Waals surface area contributed by atoms with Gasteiger partial charge in [-0.25, -0.2) is 0 Å². The van der Waals surface area contributed by atoms with Crippen LogP contribution in [0.3, 0.4) is 0 Å². The Morgan fingerprint density at radius 1 is 0.973 bits per heavy atom. The summed E-state index contributed by atoms with van der Waals surface area (Å²) < 4.78 is 49.8. The fourth-order valence-corrected chi connectivity index (χ4v) is 4.92. The first-order valence-corrected chi connectivity index (χ1v) is 12.5. The molecule has 0 saturated carbocycles. The van der Waals surface area contributed by atoms with Gasteiger partial charge in [-0.2, -0.15) is 13.2 Å². The summed E-state index contributed by atoms with van der Waals surface area (Å²) in [6.45, 7) is 0. The molecule has 1 N–H and O–H groups in total. The highest BCUT2D eigenvalue weighted by molar-refractivity contribution is 7.98. The van der Waals surface area contributed by atoms with E-state index in [1.165, 1.54) is 31.3 Å². The number of carbonyl (C=O) groups excluding carboxylic acids is 2. The third-order valence-corrected chi connectivity index (χ3v) is 7.14. The van der Waals surface area contributed by atoms with E-state index in [1.807, 2.05) is 30.5 Å². The molecule has 0 spiro atoms. The fourth-order valence-electron chi connectivity index (χ4n) is 4.51. The van der Waals surface area contributed by atoms with Crippen LogP contribution >= 0.6 is 11.8 Å². The minimum absolute atomic E-state index is 0.205. The summed E-state index contributed by atoms with van der Waals surface area (Å²) >= 11 is 1.56. The molecule has 2 atom stereocenters. The molecule has 37 heavy (non-hydrogen) atoms. The van der Waals surface area contributed by atoms with Gasteiger partial charge in [0.15, 0.2) is 11.5 Å². The highest BCUT2D eigenvalue weighted by atomic mass is 32.2. The second-order valence-corrected chi connectivity index (χ2v) is 9.35. The normalized spacial score (nSPS) is 17.3. The molecule has 4 rings (SSSR count). The van der Waals surface area contributed by atoms with E-state index < -0.39 is 29.6 Å². The predicted octanol–water partition coefficient (Wildman–Crippen LogP) is 5.99. The molecule has 0 aromatic heterocycles. The lowest BCUT2D eigenvalue weighted by atomic mass is 9.79. The summed E-state index contributed by atoms with van der Waals surface area (Å²) in [4.78, 5) is 29.7. The Kier molecular flexibility index (Phi) is 7.40. The van der Waals surface area contributed by atoms with E-state index >= 15 is 0 Å². The van der Waals surface area contributed by atoms with E-state index in [0.717, 1.165) is 22.6 Å². The van der Waals surface area contributed by atoms with Crippen molar-refractivity contribution in [2.24, 2.45) is 0 Å². The van der Waals surface area contributed by atoms with Crippen LogP contribution in [-0.4, -0.2) is 44.2 Å². The molecule has 3 aromatic rings. The SMILES string of the molecule is COc1cc2c(cc1OC)C(C(=O)Nc1ccc(C(F)(F)F)cc1)C(c1ccc(SC)cc1)N(C)C2=O. The summed E-state index contributed by atoms with van der Waals surface area (Å²) in [5, 5.41) is 2.73. The van der Waals surface area contributed by atoms with Gasteiger partial charge in [-0.3, -0.25) is 9.59 Å². The number of alkyl halides is 3. The molecule has 0 saturated heterocycles. The molecule has 0 bridgehead atoms. The number of amides is 2. The number of thioether (sulfide) groups is 1. The smallest absolute Gasteiger partial charge is 0.416 e. The molecule has 2 unspecified atom stereocenters. The van der Waals surface area contributed by atoms with Gasteiger partial charge in [0.25, 0.3) is 5.91 Å². The lowest BCUT2D eigenvalue weighted by molar-refractivity contribution is -0.137. The summed E-state index contributed by atoms with van der Waals surface area (Å²) in [6.07, 6.45) is -2.54. The Morgan fingerprint density at radius 2 is 1.57 bits per heavy atom. The largest absolute Gasteiger partial charge is 0.493 e. The zero-order valence-electron chi connectivity index (χ0n) is 20.6. The number of rotatable bonds is 6. The van der Waals surface area contributed by atoms with E-state index in [9.17, 15) is 22.8 Å². The second kappa shape index (κ2) is 10.4. The Morgan fingerprint density at radius 3 is 2.11 bits per heavy atom. The number of ether oxygens (including phenoxy) is 2. The molecule has 1 aliphatic heterocycles. The fraction of sp³-hybridized carbons (Fsp3) is 0.259. The number of hydrogen-bond donors (Lipinski definition) is 1. The van der Waals surface area contributed by atoms with E-state index in [1.54, 1.807) is 30.9 Å². The quantitative estimate of drug-likeness (QED) is 0.397. The Bertz CT molecular complexity index is 1310. The number of methoxy groups -OCH3 is 2. The highest BCUT2D eigenvalue weighted by Crippen LogP contribution is 2.46. The van der Waals surface area contributed by atoms with Gasteiger partial charge in [0, 0.05) is 23.2 Å². The molecule has 194 valence electrons. The highest BCUT2D eigenvalue weighted by Gasteiger charge is 2.43. The van der Waals surface area contributed by atoms with Crippen molar-refractivity contribution >= 4 is 29.3 Å². The van der Waals surface area contributed by atoms with Crippen molar-refractivity contribution in [1.82, 2.24) is 4.90 Å². The topological polar surface area (TPSA) is 67.9 Å². The minimum Gasteiger partial charge on any atom is -0.493 e. The molecule has 0 aliphatic carbocycles. The Labute approximate surface area is 216 Å². The molecule has 6 nitrogen and oxygen atoms in total. The van der Waals surface area contributed by atoms with Crippen molar-refractivity contribution in [2.45, 2.75) is 23.0 Å². The minimum atomic E-state index is -4.49. The average Bonchev–Trinajstić information content (AvgIpc) is 2.89. The van der Waals surface area contributed by atoms with Crippen LogP contribution in [0.4, 0.5) is 18.9 Å². The van der Waals surface area contributed by atoms with E-state index in [2.05, 4.69) is 5.32 Å². The van der Waals surface area contributed by atoms with Crippen molar-refractivity contribution in [1.29, 1.82) is 0 Å². The monoisotopic (exact) mass is 530 g/mol. The molecular weight excluding hydrogens is 505 g/mol. The van der Waals surface area contributed by atoms with Crippen LogP contribution in [0.2, 0.25) is 0 Å². The first-order chi connectivity index (χ1) is 17.6. The number of anilines is 1. The standard InChI is InChI=1S/C27H25F3N2O4S/c1-32-24(15-5-11-18(37-4)12-6-15)23(19-13-21(35-2)22(36-3)14-20(19)26(32)34)25(33)31-17-9-7-16(8-10-17)27(28,29)30/h5-14,23-24H,1-4H3,(H,31,33). The van der Waals surface area contributed by atoms with Crippen LogP contribution in [0.25, 0.3) is 0 Å². The van der Waals surface area contributed by atoms with Gasteiger partial charge in [0.1, 0.15) is 0 Å². The zero-order valence-corrected chi connectivity index (χ0v) is 21.4. The molecule has 1 heterocycles. The molecule has 3 aromatic carbocycles. The number of hydrogen-bond acceptors (Lipinski definition) is 5. The van der Waals surface area contributed by atoms with Crippen LogP contribution in [0.5, 0.6) is 11.5 Å². The van der Waals surface area contributed by atoms with Crippen molar-refractivity contribution in [2.75, 3.05) is 32.8 Å². The van der Waals surface area contributed by atoms with E-state index in [0.29, 0.717) is 17.1 Å². The maximum atomic E-state index is 13.8. The van der Waals surface area contributed by atoms with E-state index in [4.69, 9.17) is 9.47 Å². The number of nitrogens with one attached hydrogen (secondary N) is 1. The van der Waals surface area contributed by atoms with Gasteiger partial charge in [-0.05, 0) is 65.9 Å². The number of likely N-dealkylation sites (N-methyl/N-ethyl adjacent to an activating group) is 1. The number of nitrogens with zero attached hydrogens (tertiary/aromatic N) is 1. The summed E-state index contributed by atoms with van der Waals surface area (Å²) in [7, 11) is 4.52. The third-order valence-electron chi connectivity index (χ3n) is 6.39. The van der Waals surface area contributed by atoms with Crippen LogP contribution in [0.1, 0.15) is 39.0 Å². The van der Waals surface area contributed by atoms with Crippen molar-refractivity contribution in [3.8, 4) is 11.5 Å². The zero-order chi connectivity index (χ0) is 26.9. The van der Waals surface area contributed by atoms with Gasteiger partial charge < -0.3 is 19.7 Å². The van der Waals surface area contributed by atoms with Crippen LogP contribution in [-0.2, 0) is 11.0 Å². The first-order valence-electron chi connectivity index (χ1n) is 11.2. The molecule has 0 fully saturated rings. The number of halogens is 3. The van der Waals surface area contributed by atoms with Gasteiger partial charge >= 0.3 is 6.18 Å². The van der Waals surface area contributed by atoms with Gasteiger partial charge in [-0.1, -0.05) is 12.1 Å². The summed E-state index contributed by atoms with van der Waals surface area (Å²) in [5.74, 6) is -0.977. The second-order valence-electron chi connectivity index (χ2n) is 8.47. The molecule has 10 heteroatoms. The van der Waals surface area contributed by atoms with Crippen LogP contribution < -0.4 is 14.8 Å². The summed E-state index contributed by atoms with van der Waals surface area (Å²) in [5.41, 5.74) is 0.842. The predicted molar refractivity (Wildman–Crippen MR) is 135 cm³/mol. The van der Waals surface area contributed by atoms with Crippen LogP contribution in [0, 0.1) is 0 Å². The van der Waals surface area contributed by atoms with Crippen molar-refractivity contribution < 1.29 is 32.2 Å². The van der Waals surface area contributed by atoms with Crippen LogP contribution in [0.15, 0.2) is 65.6 Å². The maximum Gasteiger partial charge on any atom is 0.416 e. The van der Waals surface area contributed by atoms with E-state index in [-0.39, 0.29) is 17.2 Å². The lowest BCUT2D eigenvalue weighted by Crippen LogP contribution is -2.44. The van der Waals surface area contributed by atoms with Gasteiger partial charge in [-0.15, -0.1) is 11.8 Å². The number of benzene rings is 3. The molecule has 1 aliphatic rings. The molecule has 0 radical (unpaired) electrons. The van der Waals surface area contributed by atoms with Crippen molar-refractivity contribution in [3.63, 3.8) is 0 Å². The molecular formula is C27H25F3N2O4S. The Hall–Kier alpha value is -3.66. The van der Waals surface area contributed by atoms with Gasteiger partial charge in [0.2, 0.25) is 5.91 Å². The maximum absolute atomic E-state index is 13.8. The first kappa shape index (κ1) is 26.4. The number of carbonyl (C=O) groups is 2. The van der Waals surface area contributed by atoms with Gasteiger partial charge in [0.05, 0.1) is 31.7 Å². The number of fused-ring (bicyclic) bond motifs is 1. The average molecular weight is 531 g/mol. The Balaban J connectivity index is 1.82.